The first-order chi connectivity index (χ1) is 9.28. The highest BCUT2D eigenvalue weighted by Gasteiger charge is 2.22. The third-order valence-electron chi connectivity index (χ3n) is 4.02. The van der Waals surface area contributed by atoms with E-state index in [4.69, 9.17) is 0 Å². The molecule has 0 aromatic carbocycles. The Labute approximate surface area is 117 Å². The summed E-state index contributed by atoms with van der Waals surface area (Å²) in [7, 11) is 1.86. The smallest absolute Gasteiger partial charge is 0.225 e. The number of nitrogens with zero attached hydrogens (tertiary/aromatic N) is 2. The molecule has 0 saturated heterocycles. The fourth-order valence-electron chi connectivity index (χ4n) is 2.87. The predicted molar refractivity (Wildman–Crippen MR) is 82.0 cm³/mol. The van der Waals surface area contributed by atoms with E-state index in [1.54, 1.807) is 11.3 Å². The minimum Gasteiger partial charge on any atom is -0.367 e. The summed E-state index contributed by atoms with van der Waals surface area (Å²) in [6.07, 6.45) is 5.42. The maximum absolute atomic E-state index is 4.58. The Morgan fingerprint density at radius 1 is 1.32 bits per heavy atom. The molecule has 2 heterocycles. The summed E-state index contributed by atoms with van der Waals surface area (Å²) in [4.78, 5) is 10.1. The molecule has 0 bridgehead atoms. The maximum Gasteiger partial charge on any atom is 0.225 e. The molecule has 0 aliphatic heterocycles. The van der Waals surface area contributed by atoms with Crippen LogP contribution in [-0.4, -0.2) is 23.1 Å². The normalized spacial score (nSPS) is 17.8. The third-order valence-corrected chi connectivity index (χ3v) is 4.83. The standard InChI is InChI=1S/C14H20N4S/c1-9(10-5-3-4-6-10)16-12-11-7-8-19-13(11)18-14(15-2)17-12/h7-10H,3-6H2,1-2H3,(H2,15,16,17,18). The molecule has 5 heteroatoms. The maximum atomic E-state index is 4.58. The van der Waals surface area contributed by atoms with Crippen LogP contribution in [0.2, 0.25) is 0 Å². The van der Waals surface area contributed by atoms with Crippen molar-refractivity contribution < 1.29 is 0 Å². The number of fused-ring (bicyclic) bond motifs is 1. The van der Waals surface area contributed by atoms with Crippen molar-refractivity contribution in [2.75, 3.05) is 17.7 Å². The molecule has 0 amide bonds. The van der Waals surface area contributed by atoms with Crippen molar-refractivity contribution in [2.45, 2.75) is 38.6 Å². The largest absolute Gasteiger partial charge is 0.367 e. The van der Waals surface area contributed by atoms with Crippen LogP contribution in [0.4, 0.5) is 11.8 Å². The molecule has 0 spiro atoms. The van der Waals surface area contributed by atoms with Crippen LogP contribution in [0.25, 0.3) is 10.2 Å². The lowest BCUT2D eigenvalue weighted by atomic mass is 10.00. The van der Waals surface area contributed by atoms with E-state index in [2.05, 4.69) is 39.0 Å². The molecule has 1 atom stereocenters. The molecule has 1 fully saturated rings. The Balaban J connectivity index is 1.88. The van der Waals surface area contributed by atoms with E-state index in [9.17, 15) is 0 Å². The number of hydrogen-bond donors (Lipinski definition) is 2. The molecule has 102 valence electrons. The zero-order chi connectivity index (χ0) is 13.2. The van der Waals surface area contributed by atoms with Gasteiger partial charge in [0.25, 0.3) is 0 Å². The van der Waals surface area contributed by atoms with Gasteiger partial charge < -0.3 is 10.6 Å². The van der Waals surface area contributed by atoms with Crippen LogP contribution < -0.4 is 10.6 Å². The highest BCUT2D eigenvalue weighted by atomic mass is 32.1. The number of rotatable bonds is 4. The second kappa shape index (κ2) is 5.33. The van der Waals surface area contributed by atoms with Gasteiger partial charge in [-0.1, -0.05) is 12.8 Å². The molecule has 19 heavy (non-hydrogen) atoms. The second-order valence-corrected chi connectivity index (χ2v) is 6.16. The first kappa shape index (κ1) is 12.7. The number of nitrogens with one attached hydrogen (secondary N) is 2. The molecular formula is C14H20N4S. The molecule has 1 saturated carbocycles. The van der Waals surface area contributed by atoms with Crippen molar-refractivity contribution in [3.63, 3.8) is 0 Å². The van der Waals surface area contributed by atoms with Crippen molar-refractivity contribution in [3.05, 3.63) is 11.4 Å². The monoisotopic (exact) mass is 276 g/mol. The Morgan fingerprint density at radius 2 is 2.11 bits per heavy atom. The van der Waals surface area contributed by atoms with Gasteiger partial charge in [0.2, 0.25) is 5.95 Å². The van der Waals surface area contributed by atoms with Crippen LogP contribution in [0.1, 0.15) is 32.6 Å². The number of aromatic nitrogens is 2. The molecule has 4 nitrogen and oxygen atoms in total. The minimum absolute atomic E-state index is 0.477. The van der Waals surface area contributed by atoms with E-state index in [1.807, 2.05) is 7.05 Å². The van der Waals surface area contributed by atoms with Crippen LogP contribution >= 0.6 is 11.3 Å². The Hall–Kier alpha value is -1.36. The lowest BCUT2D eigenvalue weighted by molar-refractivity contribution is 0.481. The SMILES string of the molecule is CNc1nc(NC(C)C2CCCC2)c2ccsc2n1. The molecule has 3 rings (SSSR count). The molecule has 1 unspecified atom stereocenters. The van der Waals surface area contributed by atoms with Crippen molar-refractivity contribution in [1.29, 1.82) is 0 Å². The van der Waals surface area contributed by atoms with Crippen molar-refractivity contribution >= 4 is 33.3 Å². The van der Waals surface area contributed by atoms with Gasteiger partial charge in [-0.3, -0.25) is 0 Å². The molecule has 2 aromatic heterocycles. The van der Waals surface area contributed by atoms with Gasteiger partial charge >= 0.3 is 0 Å². The lowest BCUT2D eigenvalue weighted by Crippen LogP contribution is -2.24. The van der Waals surface area contributed by atoms with Crippen molar-refractivity contribution in [1.82, 2.24) is 9.97 Å². The van der Waals surface area contributed by atoms with Crippen molar-refractivity contribution in [3.8, 4) is 0 Å². The highest BCUT2D eigenvalue weighted by Crippen LogP contribution is 2.31. The predicted octanol–water partition coefficient (Wildman–Crippen LogP) is 3.72. The van der Waals surface area contributed by atoms with E-state index in [-0.39, 0.29) is 0 Å². The molecule has 2 N–H and O–H groups in total. The summed E-state index contributed by atoms with van der Waals surface area (Å²) >= 11 is 1.66. The Kier molecular flexibility index (Phi) is 3.55. The lowest BCUT2D eigenvalue weighted by Gasteiger charge is -2.21. The van der Waals surface area contributed by atoms with Crippen LogP contribution in [0, 0.1) is 5.92 Å². The molecule has 2 aromatic rings. The second-order valence-electron chi connectivity index (χ2n) is 5.26. The van der Waals surface area contributed by atoms with Gasteiger partial charge in [-0.15, -0.1) is 11.3 Å². The number of hydrogen-bond acceptors (Lipinski definition) is 5. The van der Waals surface area contributed by atoms with Crippen LogP contribution in [0.5, 0.6) is 0 Å². The first-order valence-electron chi connectivity index (χ1n) is 6.97. The molecule has 1 aliphatic rings. The van der Waals surface area contributed by atoms with Crippen LogP contribution in [-0.2, 0) is 0 Å². The molecular weight excluding hydrogens is 256 g/mol. The summed E-state index contributed by atoms with van der Waals surface area (Å²) in [6, 6.07) is 2.58. The summed E-state index contributed by atoms with van der Waals surface area (Å²) in [5, 5.41) is 9.85. The average molecular weight is 276 g/mol. The van der Waals surface area contributed by atoms with Crippen LogP contribution in [0.15, 0.2) is 11.4 Å². The zero-order valence-corrected chi connectivity index (χ0v) is 12.3. The average Bonchev–Trinajstić information content (AvgIpc) is 3.09. The summed E-state index contributed by atoms with van der Waals surface area (Å²) < 4.78 is 0. The van der Waals surface area contributed by atoms with E-state index < -0.39 is 0 Å². The Morgan fingerprint density at radius 3 is 2.84 bits per heavy atom. The highest BCUT2D eigenvalue weighted by molar-refractivity contribution is 7.16. The van der Waals surface area contributed by atoms with E-state index in [1.165, 1.54) is 25.7 Å². The first-order valence-corrected chi connectivity index (χ1v) is 7.85. The van der Waals surface area contributed by atoms with Gasteiger partial charge in [0, 0.05) is 13.1 Å². The summed E-state index contributed by atoms with van der Waals surface area (Å²) in [5.74, 6) is 2.44. The Bertz CT molecular complexity index is 560. The van der Waals surface area contributed by atoms with Gasteiger partial charge in [-0.2, -0.15) is 4.98 Å². The van der Waals surface area contributed by atoms with Gasteiger partial charge in [0.15, 0.2) is 0 Å². The summed E-state index contributed by atoms with van der Waals surface area (Å²) in [5.41, 5.74) is 0. The van der Waals surface area contributed by atoms with E-state index >= 15 is 0 Å². The molecule has 1 aliphatic carbocycles. The minimum atomic E-state index is 0.477. The summed E-state index contributed by atoms with van der Waals surface area (Å²) in [6.45, 7) is 2.27. The quantitative estimate of drug-likeness (QED) is 0.893. The number of thiophene rings is 1. The van der Waals surface area contributed by atoms with E-state index in [0.29, 0.717) is 12.0 Å². The van der Waals surface area contributed by atoms with Gasteiger partial charge in [-0.25, -0.2) is 4.98 Å². The van der Waals surface area contributed by atoms with Crippen molar-refractivity contribution in [2.24, 2.45) is 5.92 Å². The van der Waals surface area contributed by atoms with Crippen LogP contribution in [0.3, 0.4) is 0 Å². The molecule has 0 radical (unpaired) electrons. The van der Waals surface area contributed by atoms with Gasteiger partial charge in [0.05, 0.1) is 5.39 Å². The van der Waals surface area contributed by atoms with Gasteiger partial charge in [-0.05, 0) is 37.1 Å². The topological polar surface area (TPSA) is 49.8 Å². The van der Waals surface area contributed by atoms with Gasteiger partial charge in [0.1, 0.15) is 10.6 Å². The fourth-order valence-corrected chi connectivity index (χ4v) is 3.63. The third kappa shape index (κ3) is 2.52. The zero-order valence-electron chi connectivity index (χ0n) is 11.4. The fraction of sp³-hybridized carbons (Fsp3) is 0.571. The number of anilines is 2. The van der Waals surface area contributed by atoms with E-state index in [0.717, 1.165) is 22.0 Å².